The zero-order valence-corrected chi connectivity index (χ0v) is 11.4. The summed E-state index contributed by atoms with van der Waals surface area (Å²) in [7, 11) is 0. The highest BCUT2D eigenvalue weighted by Gasteiger charge is 2.25. The maximum atomic E-state index is 12.6. The average Bonchev–Trinajstić information content (AvgIpc) is 2.97. The molecule has 4 nitrogen and oxygen atoms in total. The maximum absolute atomic E-state index is 12.6. The van der Waals surface area contributed by atoms with Gasteiger partial charge in [0.15, 0.2) is 0 Å². The average molecular weight is 275 g/mol. The van der Waals surface area contributed by atoms with Crippen molar-refractivity contribution >= 4 is 16.8 Å². The third kappa shape index (κ3) is 2.05. The number of carbonyl (C=O) groups excluding carboxylic acids is 1. The summed E-state index contributed by atoms with van der Waals surface area (Å²) in [5.74, 6) is -0.0428. The molecule has 0 aliphatic carbocycles. The lowest BCUT2D eigenvalue weighted by Crippen LogP contribution is -2.26. The number of hydrogen-bond donors (Lipinski definition) is 0. The molecule has 0 fully saturated rings. The summed E-state index contributed by atoms with van der Waals surface area (Å²) < 4.78 is 0. The van der Waals surface area contributed by atoms with Gasteiger partial charge in [-0.2, -0.15) is 0 Å². The van der Waals surface area contributed by atoms with E-state index in [0.717, 1.165) is 22.2 Å². The van der Waals surface area contributed by atoms with Crippen molar-refractivity contribution in [2.24, 2.45) is 0 Å². The number of fused-ring (bicyclic) bond motifs is 2. The van der Waals surface area contributed by atoms with Crippen molar-refractivity contribution in [2.45, 2.75) is 13.1 Å². The summed E-state index contributed by atoms with van der Waals surface area (Å²) in [4.78, 5) is 23.2. The van der Waals surface area contributed by atoms with Gasteiger partial charge < -0.3 is 4.90 Å². The molecule has 0 atom stereocenters. The van der Waals surface area contributed by atoms with Crippen LogP contribution in [0.1, 0.15) is 21.7 Å². The highest BCUT2D eigenvalue weighted by Crippen LogP contribution is 2.22. The van der Waals surface area contributed by atoms with Crippen LogP contribution in [0.2, 0.25) is 0 Å². The van der Waals surface area contributed by atoms with E-state index in [-0.39, 0.29) is 5.91 Å². The van der Waals surface area contributed by atoms with Gasteiger partial charge in [0.2, 0.25) is 0 Å². The number of carbonyl (C=O) groups is 1. The van der Waals surface area contributed by atoms with Crippen LogP contribution in [0.15, 0.2) is 54.7 Å². The Bertz CT molecular complexity index is 819. The molecule has 1 aliphatic rings. The van der Waals surface area contributed by atoms with Crippen LogP contribution in [0, 0.1) is 0 Å². The van der Waals surface area contributed by atoms with E-state index < -0.39 is 0 Å². The van der Waals surface area contributed by atoms with Gasteiger partial charge in [-0.1, -0.05) is 30.3 Å². The molecule has 3 heterocycles. The minimum Gasteiger partial charge on any atom is -0.327 e. The second-order valence-corrected chi connectivity index (χ2v) is 5.16. The highest BCUT2D eigenvalue weighted by atomic mass is 16.2. The van der Waals surface area contributed by atoms with Crippen LogP contribution in [-0.4, -0.2) is 20.8 Å². The van der Waals surface area contributed by atoms with Crippen molar-refractivity contribution in [2.75, 3.05) is 0 Å². The van der Waals surface area contributed by atoms with E-state index in [9.17, 15) is 4.79 Å². The quantitative estimate of drug-likeness (QED) is 0.686. The first kappa shape index (κ1) is 12.0. The van der Waals surface area contributed by atoms with Gasteiger partial charge in [-0.25, -0.2) is 4.98 Å². The smallest absolute Gasteiger partial charge is 0.273 e. The lowest BCUT2D eigenvalue weighted by atomic mass is 10.2. The second-order valence-electron chi connectivity index (χ2n) is 5.16. The Morgan fingerprint density at radius 2 is 1.90 bits per heavy atom. The van der Waals surface area contributed by atoms with E-state index in [2.05, 4.69) is 9.97 Å². The van der Waals surface area contributed by atoms with Gasteiger partial charge >= 0.3 is 0 Å². The number of hydrogen-bond acceptors (Lipinski definition) is 3. The summed E-state index contributed by atoms with van der Waals surface area (Å²) in [6, 6.07) is 15.5. The van der Waals surface area contributed by atoms with Gasteiger partial charge in [-0.05, 0) is 23.8 Å². The Balaban J connectivity index is 1.65. The number of benzene rings is 1. The van der Waals surface area contributed by atoms with E-state index in [1.165, 1.54) is 0 Å². The highest BCUT2D eigenvalue weighted by molar-refractivity contribution is 5.95. The normalized spacial score (nSPS) is 13.4. The molecular weight excluding hydrogens is 262 g/mol. The van der Waals surface area contributed by atoms with Crippen LogP contribution in [0.5, 0.6) is 0 Å². The summed E-state index contributed by atoms with van der Waals surface area (Å²) in [6.07, 6.45) is 1.76. The van der Waals surface area contributed by atoms with E-state index in [4.69, 9.17) is 0 Å². The molecule has 4 heteroatoms. The Kier molecular flexibility index (Phi) is 2.67. The molecule has 0 saturated heterocycles. The van der Waals surface area contributed by atoms with Gasteiger partial charge in [0.1, 0.15) is 5.69 Å². The number of para-hydroxylation sites is 1. The van der Waals surface area contributed by atoms with Gasteiger partial charge in [0.25, 0.3) is 5.91 Å². The Labute approximate surface area is 122 Å². The van der Waals surface area contributed by atoms with Crippen molar-refractivity contribution in [1.29, 1.82) is 0 Å². The molecule has 0 N–H and O–H groups in total. The Morgan fingerprint density at radius 3 is 2.81 bits per heavy atom. The summed E-state index contributed by atoms with van der Waals surface area (Å²) in [6.45, 7) is 1.17. The predicted octanol–water partition coefficient (Wildman–Crippen LogP) is 2.79. The van der Waals surface area contributed by atoms with Crippen molar-refractivity contribution < 1.29 is 4.79 Å². The predicted molar refractivity (Wildman–Crippen MR) is 79.6 cm³/mol. The van der Waals surface area contributed by atoms with Crippen LogP contribution >= 0.6 is 0 Å². The molecule has 4 rings (SSSR count). The third-order valence-electron chi connectivity index (χ3n) is 3.79. The van der Waals surface area contributed by atoms with Crippen LogP contribution in [0.25, 0.3) is 10.9 Å². The van der Waals surface area contributed by atoms with E-state index >= 15 is 0 Å². The lowest BCUT2D eigenvalue weighted by Gasteiger charge is -2.14. The zero-order valence-electron chi connectivity index (χ0n) is 11.4. The molecule has 0 unspecified atom stereocenters. The van der Waals surface area contributed by atoms with Crippen LogP contribution in [-0.2, 0) is 13.1 Å². The van der Waals surface area contributed by atoms with E-state index in [1.54, 1.807) is 17.2 Å². The largest absolute Gasteiger partial charge is 0.327 e. The molecule has 2 aromatic heterocycles. The lowest BCUT2D eigenvalue weighted by molar-refractivity contribution is 0.0745. The van der Waals surface area contributed by atoms with Crippen molar-refractivity contribution in [1.82, 2.24) is 14.9 Å². The number of pyridine rings is 2. The minimum atomic E-state index is -0.0428. The summed E-state index contributed by atoms with van der Waals surface area (Å²) in [5, 5.41) is 1.04. The fourth-order valence-electron chi connectivity index (χ4n) is 2.69. The zero-order chi connectivity index (χ0) is 14.2. The SMILES string of the molecule is O=C(c1ccc2ccccc2n1)N1Cc2cccnc2C1. The van der Waals surface area contributed by atoms with Crippen molar-refractivity contribution in [3.8, 4) is 0 Å². The number of amides is 1. The molecule has 0 saturated carbocycles. The van der Waals surface area contributed by atoms with Gasteiger partial charge in [0, 0.05) is 18.1 Å². The molecule has 3 aromatic rings. The molecule has 21 heavy (non-hydrogen) atoms. The number of nitrogens with zero attached hydrogens (tertiary/aromatic N) is 3. The minimum absolute atomic E-state index is 0.0428. The van der Waals surface area contributed by atoms with Crippen molar-refractivity contribution in [3.63, 3.8) is 0 Å². The third-order valence-corrected chi connectivity index (χ3v) is 3.79. The summed E-state index contributed by atoms with van der Waals surface area (Å²) >= 11 is 0. The van der Waals surface area contributed by atoms with E-state index in [1.807, 2.05) is 42.5 Å². The van der Waals surface area contributed by atoms with Crippen LogP contribution < -0.4 is 0 Å². The number of rotatable bonds is 1. The molecule has 0 bridgehead atoms. The van der Waals surface area contributed by atoms with Gasteiger partial charge in [0.05, 0.1) is 17.8 Å². The standard InChI is InChI=1S/C17H13N3O/c21-17(20-10-13-5-3-9-18-16(13)11-20)15-8-7-12-4-1-2-6-14(12)19-15/h1-9H,10-11H2. The monoisotopic (exact) mass is 275 g/mol. The fraction of sp³-hybridized carbons (Fsp3) is 0.118. The molecule has 102 valence electrons. The molecule has 1 amide bonds. The first-order valence-corrected chi connectivity index (χ1v) is 6.89. The molecule has 0 radical (unpaired) electrons. The summed E-state index contributed by atoms with van der Waals surface area (Å²) in [5.41, 5.74) is 3.43. The molecule has 1 aliphatic heterocycles. The van der Waals surface area contributed by atoms with Crippen molar-refractivity contribution in [3.05, 3.63) is 71.7 Å². The topological polar surface area (TPSA) is 46.1 Å². The fourth-order valence-corrected chi connectivity index (χ4v) is 2.69. The maximum Gasteiger partial charge on any atom is 0.273 e. The second kappa shape index (κ2) is 4.66. The molecule has 1 aromatic carbocycles. The first-order chi connectivity index (χ1) is 10.3. The molecular formula is C17H13N3O. The molecule has 0 spiro atoms. The van der Waals surface area contributed by atoms with Gasteiger partial charge in [-0.3, -0.25) is 9.78 Å². The Hall–Kier alpha value is -2.75. The van der Waals surface area contributed by atoms with Crippen LogP contribution in [0.4, 0.5) is 0 Å². The van der Waals surface area contributed by atoms with Crippen LogP contribution in [0.3, 0.4) is 0 Å². The van der Waals surface area contributed by atoms with Gasteiger partial charge in [-0.15, -0.1) is 0 Å². The van der Waals surface area contributed by atoms with E-state index in [0.29, 0.717) is 18.8 Å². The number of aromatic nitrogens is 2. The first-order valence-electron chi connectivity index (χ1n) is 6.89. The Morgan fingerprint density at radius 1 is 1.00 bits per heavy atom.